The monoisotopic (exact) mass is 440 g/mol. The Morgan fingerprint density at radius 1 is 0.926 bits per heavy atom. The number of rotatable bonds is 2. The molecular formula is C18H38Cl2MgN2O4. The van der Waals surface area contributed by atoms with Crippen molar-refractivity contribution in [2.75, 3.05) is 40.4 Å². The second kappa shape index (κ2) is 15.6. The maximum atomic E-state index is 9.56. The van der Waals surface area contributed by atoms with Crippen molar-refractivity contribution in [3.05, 3.63) is 7.43 Å². The third-order valence-corrected chi connectivity index (χ3v) is 4.66. The fourth-order valence-electron chi connectivity index (χ4n) is 2.89. The van der Waals surface area contributed by atoms with Gasteiger partial charge in [0, 0.05) is 46.7 Å². The Morgan fingerprint density at radius 3 is 1.63 bits per heavy atom. The van der Waals surface area contributed by atoms with E-state index in [1.54, 1.807) is 14.2 Å². The van der Waals surface area contributed by atoms with Gasteiger partial charge in [0.2, 0.25) is 0 Å². The van der Waals surface area contributed by atoms with Gasteiger partial charge >= 0.3 is 23.1 Å². The molecule has 2 heterocycles. The summed E-state index contributed by atoms with van der Waals surface area (Å²) in [4.78, 5) is 2.24. The van der Waals surface area contributed by atoms with Gasteiger partial charge in [0.1, 0.15) is 17.9 Å². The van der Waals surface area contributed by atoms with Crippen LogP contribution in [-0.4, -0.2) is 119 Å². The molecule has 2 saturated heterocycles. The maximum Gasteiger partial charge on any atom is 2.00 e. The first-order chi connectivity index (χ1) is 10.6. The van der Waals surface area contributed by atoms with Crippen molar-refractivity contribution < 1.29 is 49.1 Å². The first-order valence-corrected chi connectivity index (χ1v) is 8.32. The van der Waals surface area contributed by atoms with Crippen LogP contribution in [0.1, 0.15) is 34.6 Å². The molecule has 160 valence electrons. The molecular weight excluding hydrogens is 403 g/mol. The molecule has 0 bridgehead atoms. The standard InChI is InChI=1S/C9H19NO2.C8H16NO2.CH3.2ClH.Mg/c1-9(2,3)10-5-7(11)8(6-10)12-4;1-6(2)9-4-7(10)8(5-9)11-3;;;;/h7-8,11H,5-6H2,1-4H3;7-8,10H,4-5H2,1-3H3;1H3;2*1H;/q;+1;-1;;;+2/p-2/t2*7-,8-;;;;/m11..../s1. The maximum absolute atomic E-state index is 9.56. The van der Waals surface area contributed by atoms with Gasteiger partial charge in [-0.15, -0.1) is 0 Å². The van der Waals surface area contributed by atoms with E-state index in [4.69, 9.17) is 9.47 Å². The van der Waals surface area contributed by atoms with Crippen molar-refractivity contribution in [1.82, 2.24) is 4.90 Å². The fraction of sp³-hybridized carbons (Fsp3) is 0.889. The van der Waals surface area contributed by atoms with E-state index < -0.39 is 0 Å². The van der Waals surface area contributed by atoms with Crippen LogP contribution in [0.5, 0.6) is 0 Å². The van der Waals surface area contributed by atoms with E-state index in [2.05, 4.69) is 30.2 Å². The van der Waals surface area contributed by atoms with Gasteiger partial charge < -0.3 is 51.9 Å². The molecule has 27 heavy (non-hydrogen) atoms. The Hall–Kier alpha value is 0.816. The van der Waals surface area contributed by atoms with Crippen LogP contribution in [0.4, 0.5) is 0 Å². The molecule has 2 aliphatic heterocycles. The minimum absolute atomic E-state index is 0. The van der Waals surface area contributed by atoms with E-state index in [-0.39, 0.29) is 85.2 Å². The van der Waals surface area contributed by atoms with Gasteiger partial charge in [-0.25, -0.2) is 4.58 Å². The smallest absolute Gasteiger partial charge is 1.00 e. The largest absolute Gasteiger partial charge is 2.00 e. The summed E-state index contributed by atoms with van der Waals surface area (Å²) < 4.78 is 12.4. The minimum atomic E-state index is -0.325. The Balaban J connectivity index is -0.000000171. The molecule has 0 amide bonds. The zero-order valence-electron chi connectivity index (χ0n) is 18.2. The van der Waals surface area contributed by atoms with Crippen LogP contribution in [0.25, 0.3) is 0 Å². The number of ether oxygens (including phenoxy) is 2. The zero-order valence-corrected chi connectivity index (χ0v) is 21.1. The summed E-state index contributed by atoms with van der Waals surface area (Å²) in [6, 6.07) is 0. The molecule has 2 rings (SSSR count). The van der Waals surface area contributed by atoms with E-state index in [0.717, 1.165) is 19.6 Å². The van der Waals surface area contributed by atoms with E-state index in [0.29, 0.717) is 6.54 Å². The predicted octanol–water partition coefficient (Wildman–Crippen LogP) is -5.58. The van der Waals surface area contributed by atoms with E-state index in [1.165, 1.54) is 5.71 Å². The van der Waals surface area contributed by atoms with Crippen molar-refractivity contribution in [2.45, 2.75) is 64.6 Å². The van der Waals surface area contributed by atoms with Crippen LogP contribution in [0.2, 0.25) is 0 Å². The quantitative estimate of drug-likeness (QED) is 0.254. The first-order valence-electron chi connectivity index (χ1n) is 8.32. The Bertz CT molecular complexity index is 419. The first kappa shape index (κ1) is 35.3. The molecule has 6 nitrogen and oxygen atoms in total. The minimum Gasteiger partial charge on any atom is -1.00 e. The summed E-state index contributed by atoms with van der Waals surface area (Å²) in [5.74, 6) is 0. The Kier molecular flexibility index (Phi) is 20.4. The Morgan fingerprint density at radius 2 is 1.41 bits per heavy atom. The second-order valence-electron chi connectivity index (χ2n) is 7.61. The second-order valence-corrected chi connectivity index (χ2v) is 7.61. The molecule has 0 radical (unpaired) electrons. The average Bonchev–Trinajstić information content (AvgIpc) is 3.01. The summed E-state index contributed by atoms with van der Waals surface area (Å²) in [5, 5.41) is 19.0. The number of hydrogen-bond acceptors (Lipinski definition) is 5. The number of β-amino-alcohol motifs (C(OH)–C–C–N with tert-alkyl or cyclic N) is 2. The van der Waals surface area contributed by atoms with Crippen molar-refractivity contribution in [2.24, 2.45) is 0 Å². The van der Waals surface area contributed by atoms with Crippen molar-refractivity contribution in [3.8, 4) is 0 Å². The average molecular weight is 442 g/mol. The molecule has 0 aromatic heterocycles. The fourth-order valence-corrected chi connectivity index (χ4v) is 2.89. The van der Waals surface area contributed by atoms with Crippen LogP contribution >= 0.6 is 0 Å². The van der Waals surface area contributed by atoms with Crippen LogP contribution < -0.4 is 24.8 Å². The number of aliphatic hydroxyl groups is 2. The van der Waals surface area contributed by atoms with Gasteiger partial charge in [-0.05, 0) is 20.8 Å². The molecule has 0 aromatic carbocycles. The van der Waals surface area contributed by atoms with Crippen molar-refractivity contribution >= 4 is 28.8 Å². The molecule has 2 N–H and O–H groups in total. The van der Waals surface area contributed by atoms with Crippen LogP contribution in [-0.2, 0) is 9.47 Å². The molecule has 2 fully saturated rings. The summed E-state index contributed by atoms with van der Waals surface area (Å²) in [7, 11) is 3.29. The summed E-state index contributed by atoms with van der Waals surface area (Å²) in [6.45, 7) is 13.6. The summed E-state index contributed by atoms with van der Waals surface area (Å²) in [5.41, 5.74) is 1.37. The Labute approximate surface area is 194 Å². The van der Waals surface area contributed by atoms with Gasteiger partial charge in [0.15, 0.2) is 13.1 Å². The number of nitrogens with zero attached hydrogens (tertiary/aromatic N) is 2. The van der Waals surface area contributed by atoms with Gasteiger partial charge in [0.05, 0.1) is 12.2 Å². The third-order valence-electron chi connectivity index (χ3n) is 4.66. The SMILES string of the molecule is CO[C@@H]1CN(C(C)(C)C)C[C@H]1O.CO[C@@H]1C[N+](=C(C)C)C[C@H]1O.[CH3-].[Cl-].[Cl-].[Mg+2]. The molecule has 4 atom stereocenters. The number of aliphatic hydroxyl groups excluding tert-OH is 2. The normalized spacial score (nSPS) is 27.2. The molecule has 0 spiro atoms. The van der Waals surface area contributed by atoms with E-state index in [9.17, 15) is 10.2 Å². The van der Waals surface area contributed by atoms with Crippen LogP contribution in [0.15, 0.2) is 0 Å². The van der Waals surface area contributed by atoms with Crippen molar-refractivity contribution in [3.63, 3.8) is 0 Å². The van der Waals surface area contributed by atoms with Gasteiger partial charge in [-0.1, -0.05) is 0 Å². The van der Waals surface area contributed by atoms with E-state index in [1.807, 2.05) is 13.8 Å². The third kappa shape index (κ3) is 11.0. The summed E-state index contributed by atoms with van der Waals surface area (Å²) in [6.07, 6.45) is -0.668. The zero-order chi connectivity index (χ0) is 17.8. The number of halogens is 2. The van der Waals surface area contributed by atoms with E-state index >= 15 is 0 Å². The topological polar surface area (TPSA) is 65.2 Å². The van der Waals surface area contributed by atoms with Crippen LogP contribution in [0.3, 0.4) is 0 Å². The molecule has 0 aliphatic carbocycles. The van der Waals surface area contributed by atoms with Crippen LogP contribution in [0, 0.1) is 7.43 Å². The van der Waals surface area contributed by atoms with Gasteiger partial charge in [-0.3, -0.25) is 4.90 Å². The molecule has 0 aromatic rings. The number of hydrogen-bond donors (Lipinski definition) is 2. The number of methoxy groups -OCH3 is 2. The molecule has 0 unspecified atom stereocenters. The van der Waals surface area contributed by atoms with Gasteiger partial charge in [-0.2, -0.15) is 0 Å². The van der Waals surface area contributed by atoms with Crippen molar-refractivity contribution in [1.29, 1.82) is 0 Å². The van der Waals surface area contributed by atoms with Gasteiger partial charge in [0.25, 0.3) is 0 Å². The molecule has 9 heteroatoms. The molecule has 0 saturated carbocycles. The summed E-state index contributed by atoms with van der Waals surface area (Å²) >= 11 is 0. The predicted molar refractivity (Wildman–Crippen MR) is 103 cm³/mol. The molecule has 2 aliphatic rings. The number of likely N-dealkylation sites (tertiary alicyclic amines) is 1.